The predicted molar refractivity (Wildman–Crippen MR) is 105 cm³/mol. The predicted octanol–water partition coefficient (Wildman–Crippen LogP) is 3.53. The molecule has 1 aliphatic heterocycles. The molecule has 1 aliphatic carbocycles. The molecule has 1 unspecified atom stereocenters. The second kappa shape index (κ2) is 8.30. The molecular weight excluding hydrogens is 310 g/mol. The average molecular weight is 339 g/mol. The van der Waals surface area contributed by atoms with E-state index in [0.717, 1.165) is 43.9 Å². The van der Waals surface area contributed by atoms with E-state index in [1.165, 1.54) is 17.7 Å². The van der Waals surface area contributed by atoms with Gasteiger partial charge in [0.1, 0.15) is 5.52 Å². The largest absolute Gasteiger partial charge is 0.352 e. The van der Waals surface area contributed by atoms with Crippen LogP contribution in [0.25, 0.3) is 11.1 Å². The molecule has 25 heavy (non-hydrogen) atoms. The second-order valence-corrected chi connectivity index (χ2v) is 6.30. The van der Waals surface area contributed by atoms with Gasteiger partial charge in [-0.05, 0) is 24.3 Å². The summed E-state index contributed by atoms with van der Waals surface area (Å²) in [6.45, 7) is 10.3. The lowest BCUT2D eigenvalue weighted by atomic mass is 9.91. The van der Waals surface area contributed by atoms with Crippen LogP contribution in [0.3, 0.4) is 0 Å². The lowest BCUT2D eigenvalue weighted by Crippen LogP contribution is -2.44. The first-order chi connectivity index (χ1) is 12.4. The average Bonchev–Trinajstić information content (AvgIpc) is 3.19. The number of aromatic nitrogens is 3. The van der Waals surface area contributed by atoms with Crippen LogP contribution in [0, 0.1) is 5.92 Å². The molecule has 1 saturated heterocycles. The topological polar surface area (TPSA) is 45.5 Å². The van der Waals surface area contributed by atoms with Crippen molar-refractivity contribution in [2.45, 2.75) is 33.6 Å². The molecule has 0 aromatic carbocycles. The van der Waals surface area contributed by atoms with Crippen LogP contribution in [0.4, 0.5) is 5.82 Å². The van der Waals surface area contributed by atoms with E-state index in [4.69, 9.17) is 4.98 Å². The summed E-state index contributed by atoms with van der Waals surface area (Å²) in [4.78, 5) is 11.5. The third kappa shape index (κ3) is 3.61. The van der Waals surface area contributed by atoms with Crippen molar-refractivity contribution in [3.05, 3.63) is 42.6 Å². The van der Waals surface area contributed by atoms with Gasteiger partial charge in [0.2, 0.25) is 0 Å². The summed E-state index contributed by atoms with van der Waals surface area (Å²) in [6, 6.07) is 0. The monoisotopic (exact) mass is 339 g/mol. The van der Waals surface area contributed by atoms with E-state index in [2.05, 4.69) is 44.8 Å². The van der Waals surface area contributed by atoms with Crippen molar-refractivity contribution < 1.29 is 0 Å². The van der Waals surface area contributed by atoms with Gasteiger partial charge in [0.15, 0.2) is 5.82 Å². The number of rotatable bonds is 3. The number of hydrogen-bond donors (Lipinski definition) is 1. The Balaban J connectivity index is 0.000000880. The highest BCUT2D eigenvalue weighted by Gasteiger charge is 2.19. The van der Waals surface area contributed by atoms with Crippen LogP contribution in [0.15, 0.2) is 36.9 Å². The maximum Gasteiger partial charge on any atom is 0.154 e. The molecule has 5 heteroatoms. The van der Waals surface area contributed by atoms with E-state index < -0.39 is 0 Å². The number of anilines is 1. The highest BCUT2D eigenvalue weighted by atomic mass is 15.2. The smallest absolute Gasteiger partial charge is 0.154 e. The van der Waals surface area contributed by atoms with Crippen LogP contribution in [-0.2, 0) is 0 Å². The van der Waals surface area contributed by atoms with Gasteiger partial charge in [-0.3, -0.25) is 4.40 Å². The first-order valence-corrected chi connectivity index (χ1v) is 9.51. The number of piperazine rings is 1. The molecule has 0 saturated carbocycles. The van der Waals surface area contributed by atoms with Gasteiger partial charge in [-0.2, -0.15) is 0 Å². The lowest BCUT2D eigenvalue weighted by molar-refractivity contribution is 0.585. The van der Waals surface area contributed by atoms with Crippen molar-refractivity contribution >= 4 is 16.9 Å². The fourth-order valence-corrected chi connectivity index (χ4v) is 3.48. The van der Waals surface area contributed by atoms with Gasteiger partial charge in [-0.1, -0.05) is 39.0 Å². The van der Waals surface area contributed by atoms with Gasteiger partial charge < -0.3 is 10.2 Å². The molecule has 1 atom stereocenters. The Kier molecular flexibility index (Phi) is 5.87. The Hall–Kier alpha value is -2.14. The molecule has 3 heterocycles. The molecule has 2 aliphatic rings. The number of hydrogen-bond acceptors (Lipinski definition) is 4. The van der Waals surface area contributed by atoms with Gasteiger partial charge in [0.25, 0.3) is 0 Å². The van der Waals surface area contributed by atoms with Crippen molar-refractivity contribution in [3.63, 3.8) is 0 Å². The van der Waals surface area contributed by atoms with Gasteiger partial charge in [0, 0.05) is 26.2 Å². The molecule has 4 rings (SSSR count). The highest BCUT2D eigenvalue weighted by molar-refractivity contribution is 5.74. The van der Waals surface area contributed by atoms with Gasteiger partial charge in [-0.15, -0.1) is 0 Å². The number of allylic oxidation sites excluding steroid dienone is 4. The zero-order valence-corrected chi connectivity index (χ0v) is 15.6. The SMILES string of the molecule is CC.CCC1C=CC=C(c2cnc(N3CCNCC3)c3cncn23)C1. The zero-order chi connectivity index (χ0) is 17.6. The fraction of sp³-hybridized carbons (Fsp3) is 0.500. The maximum absolute atomic E-state index is 4.80. The fourth-order valence-electron chi connectivity index (χ4n) is 3.48. The zero-order valence-electron chi connectivity index (χ0n) is 15.6. The van der Waals surface area contributed by atoms with Crippen LogP contribution in [0.5, 0.6) is 0 Å². The Morgan fingerprint density at radius 1 is 1.20 bits per heavy atom. The van der Waals surface area contributed by atoms with E-state index in [1.807, 2.05) is 32.6 Å². The molecule has 2 aromatic heterocycles. The van der Waals surface area contributed by atoms with E-state index in [1.54, 1.807) is 0 Å². The number of nitrogens with one attached hydrogen (secondary N) is 1. The first-order valence-electron chi connectivity index (χ1n) is 9.51. The molecule has 134 valence electrons. The molecule has 0 spiro atoms. The van der Waals surface area contributed by atoms with Crippen molar-refractivity contribution in [2.24, 2.45) is 5.92 Å². The van der Waals surface area contributed by atoms with Crippen molar-refractivity contribution in [2.75, 3.05) is 31.1 Å². The second-order valence-electron chi connectivity index (χ2n) is 6.30. The summed E-state index contributed by atoms with van der Waals surface area (Å²) >= 11 is 0. The Labute approximate surface area is 150 Å². The molecule has 5 nitrogen and oxygen atoms in total. The van der Waals surface area contributed by atoms with Crippen LogP contribution >= 0.6 is 0 Å². The molecule has 1 N–H and O–H groups in total. The molecule has 2 aromatic rings. The standard InChI is InChI=1S/C18H23N5.C2H6/c1-2-14-4-3-5-15(10-14)16-12-21-18(17-11-20-13-23(16)17)22-8-6-19-7-9-22;1-2/h3-5,11-14,19H,2,6-10H2,1H3;1-2H3. The Morgan fingerprint density at radius 2 is 2.00 bits per heavy atom. The van der Waals surface area contributed by atoms with Gasteiger partial charge in [0.05, 0.1) is 24.4 Å². The van der Waals surface area contributed by atoms with Gasteiger partial charge >= 0.3 is 0 Å². The van der Waals surface area contributed by atoms with E-state index in [0.29, 0.717) is 5.92 Å². The molecule has 1 fully saturated rings. The number of imidazole rings is 1. The summed E-state index contributed by atoms with van der Waals surface area (Å²) in [6.07, 6.45) is 14.8. The van der Waals surface area contributed by atoms with Crippen LogP contribution in [-0.4, -0.2) is 40.5 Å². The van der Waals surface area contributed by atoms with E-state index in [-0.39, 0.29) is 0 Å². The lowest BCUT2D eigenvalue weighted by Gasteiger charge is -2.29. The summed E-state index contributed by atoms with van der Waals surface area (Å²) in [7, 11) is 0. The normalized spacial score (nSPS) is 20.2. The summed E-state index contributed by atoms with van der Waals surface area (Å²) in [5.41, 5.74) is 3.62. The minimum absolute atomic E-state index is 0.626. The minimum atomic E-state index is 0.626. The van der Waals surface area contributed by atoms with Crippen LogP contribution in [0.2, 0.25) is 0 Å². The van der Waals surface area contributed by atoms with Crippen molar-refractivity contribution in [1.82, 2.24) is 19.7 Å². The van der Waals surface area contributed by atoms with E-state index in [9.17, 15) is 0 Å². The Bertz CT molecular complexity index is 753. The third-order valence-electron chi connectivity index (χ3n) is 4.87. The van der Waals surface area contributed by atoms with Gasteiger partial charge in [-0.25, -0.2) is 9.97 Å². The summed E-state index contributed by atoms with van der Waals surface area (Å²) < 4.78 is 2.20. The first kappa shape index (κ1) is 17.7. The maximum atomic E-state index is 4.80. The third-order valence-corrected chi connectivity index (χ3v) is 4.87. The molecular formula is C20H29N5. The highest BCUT2D eigenvalue weighted by Crippen LogP contribution is 2.30. The quantitative estimate of drug-likeness (QED) is 0.929. The van der Waals surface area contributed by atoms with Crippen molar-refractivity contribution in [1.29, 1.82) is 0 Å². The van der Waals surface area contributed by atoms with Crippen LogP contribution < -0.4 is 10.2 Å². The van der Waals surface area contributed by atoms with E-state index >= 15 is 0 Å². The summed E-state index contributed by atoms with van der Waals surface area (Å²) in [5.74, 6) is 1.67. The minimum Gasteiger partial charge on any atom is -0.352 e. The van der Waals surface area contributed by atoms with Crippen LogP contribution in [0.1, 0.15) is 39.3 Å². The number of nitrogens with zero attached hydrogens (tertiary/aromatic N) is 4. The number of fused-ring (bicyclic) bond motifs is 1. The Morgan fingerprint density at radius 3 is 2.76 bits per heavy atom. The van der Waals surface area contributed by atoms with Crippen molar-refractivity contribution in [3.8, 4) is 0 Å². The summed E-state index contributed by atoms with van der Waals surface area (Å²) in [5, 5.41) is 3.39. The molecule has 0 amide bonds. The molecule has 0 bridgehead atoms. The molecule has 0 radical (unpaired) electrons.